The van der Waals surface area contributed by atoms with Crippen molar-refractivity contribution in [3.8, 4) is 0 Å². The molecule has 1 aliphatic rings. The fourth-order valence-corrected chi connectivity index (χ4v) is 2.58. The highest BCUT2D eigenvalue weighted by Crippen LogP contribution is 2.22. The summed E-state index contributed by atoms with van der Waals surface area (Å²) < 4.78 is 0. The van der Waals surface area contributed by atoms with Gasteiger partial charge in [-0.05, 0) is 19.4 Å². The predicted octanol–water partition coefficient (Wildman–Crippen LogP) is 1.52. The summed E-state index contributed by atoms with van der Waals surface area (Å²) in [5, 5.41) is 6.12. The van der Waals surface area contributed by atoms with Crippen LogP contribution in [-0.4, -0.2) is 47.4 Å². The molecule has 1 aliphatic heterocycles. The number of piperazine rings is 1. The Morgan fingerprint density at radius 2 is 2.33 bits per heavy atom. The minimum atomic E-state index is -0.446. The van der Waals surface area contributed by atoms with Crippen molar-refractivity contribution >= 4 is 29.2 Å². The van der Waals surface area contributed by atoms with E-state index in [9.17, 15) is 9.59 Å². The first-order valence-electron chi connectivity index (χ1n) is 7.06. The summed E-state index contributed by atoms with van der Waals surface area (Å²) in [4.78, 5) is 30.3. The highest BCUT2D eigenvalue weighted by atomic mass is 35.5. The van der Waals surface area contributed by atoms with E-state index in [0.29, 0.717) is 42.5 Å². The summed E-state index contributed by atoms with van der Waals surface area (Å²) in [5.41, 5.74) is 0.371. The van der Waals surface area contributed by atoms with Crippen molar-refractivity contribution in [1.82, 2.24) is 15.2 Å². The molecular weight excluding hydrogens is 292 g/mol. The molecule has 114 valence electrons. The Labute approximate surface area is 128 Å². The van der Waals surface area contributed by atoms with E-state index in [1.807, 2.05) is 13.8 Å². The van der Waals surface area contributed by atoms with E-state index in [1.54, 1.807) is 11.0 Å². The van der Waals surface area contributed by atoms with Gasteiger partial charge in [0.15, 0.2) is 0 Å². The Bertz CT molecular complexity index is 550. The van der Waals surface area contributed by atoms with E-state index in [0.717, 1.165) is 0 Å². The van der Waals surface area contributed by atoms with Crippen LogP contribution in [-0.2, 0) is 4.79 Å². The van der Waals surface area contributed by atoms with Crippen LogP contribution < -0.4 is 10.6 Å². The van der Waals surface area contributed by atoms with Gasteiger partial charge in [-0.1, -0.05) is 18.5 Å². The lowest BCUT2D eigenvalue weighted by Crippen LogP contribution is -2.56. The van der Waals surface area contributed by atoms with Crippen LogP contribution in [0.5, 0.6) is 0 Å². The normalized spacial score (nSPS) is 18.3. The quantitative estimate of drug-likeness (QED) is 0.884. The van der Waals surface area contributed by atoms with E-state index >= 15 is 0 Å². The predicted molar refractivity (Wildman–Crippen MR) is 81.5 cm³/mol. The topological polar surface area (TPSA) is 74.3 Å². The maximum atomic E-state index is 12.7. The number of halogens is 1. The van der Waals surface area contributed by atoms with Crippen LogP contribution >= 0.6 is 11.6 Å². The maximum absolute atomic E-state index is 12.7. The summed E-state index contributed by atoms with van der Waals surface area (Å²) >= 11 is 6.10. The second kappa shape index (κ2) is 6.76. The third-order valence-corrected chi connectivity index (χ3v) is 3.72. The zero-order chi connectivity index (χ0) is 15.4. The van der Waals surface area contributed by atoms with Crippen LogP contribution in [0.15, 0.2) is 12.3 Å². The highest BCUT2D eigenvalue weighted by molar-refractivity contribution is 6.33. The summed E-state index contributed by atoms with van der Waals surface area (Å²) in [6.45, 7) is 5.47. The second-order valence-corrected chi connectivity index (χ2v) is 5.20. The minimum Gasteiger partial charge on any atom is -0.370 e. The van der Waals surface area contributed by atoms with Crippen molar-refractivity contribution in [1.29, 1.82) is 0 Å². The van der Waals surface area contributed by atoms with E-state index in [4.69, 9.17) is 11.6 Å². The molecule has 1 aromatic rings. The van der Waals surface area contributed by atoms with Crippen molar-refractivity contribution < 1.29 is 9.59 Å². The molecule has 1 atom stereocenters. The molecule has 2 heterocycles. The van der Waals surface area contributed by atoms with Gasteiger partial charge < -0.3 is 15.5 Å². The van der Waals surface area contributed by atoms with Gasteiger partial charge in [-0.3, -0.25) is 9.59 Å². The number of pyridine rings is 1. The third-order valence-electron chi connectivity index (χ3n) is 3.42. The fraction of sp³-hybridized carbons (Fsp3) is 0.500. The van der Waals surface area contributed by atoms with Crippen molar-refractivity contribution in [2.45, 2.75) is 26.3 Å². The molecule has 0 saturated carbocycles. The van der Waals surface area contributed by atoms with Crippen molar-refractivity contribution in [2.75, 3.05) is 25.0 Å². The molecule has 1 aromatic heterocycles. The average molecular weight is 311 g/mol. The van der Waals surface area contributed by atoms with Gasteiger partial charge in [0.1, 0.15) is 11.9 Å². The summed E-state index contributed by atoms with van der Waals surface area (Å²) in [5.74, 6) is 0.247. The van der Waals surface area contributed by atoms with Crippen LogP contribution in [0.1, 0.15) is 30.6 Å². The van der Waals surface area contributed by atoms with Crippen molar-refractivity contribution in [3.63, 3.8) is 0 Å². The Morgan fingerprint density at radius 3 is 3.00 bits per heavy atom. The molecule has 0 aromatic carbocycles. The third kappa shape index (κ3) is 3.26. The van der Waals surface area contributed by atoms with E-state index < -0.39 is 6.04 Å². The molecule has 2 rings (SSSR count). The largest absolute Gasteiger partial charge is 0.370 e. The van der Waals surface area contributed by atoms with Crippen molar-refractivity contribution in [3.05, 3.63) is 22.8 Å². The van der Waals surface area contributed by atoms with E-state index in [-0.39, 0.29) is 11.8 Å². The molecule has 0 spiro atoms. The molecule has 0 aliphatic carbocycles. The Morgan fingerprint density at radius 1 is 1.57 bits per heavy atom. The number of rotatable bonds is 4. The first-order chi connectivity index (χ1) is 10.1. The number of hydrogen-bond acceptors (Lipinski definition) is 4. The number of amides is 2. The van der Waals surface area contributed by atoms with Gasteiger partial charge >= 0.3 is 0 Å². The molecule has 2 amide bonds. The molecule has 1 unspecified atom stereocenters. The smallest absolute Gasteiger partial charge is 0.256 e. The Balaban J connectivity index is 2.29. The molecule has 1 saturated heterocycles. The van der Waals surface area contributed by atoms with E-state index in [1.165, 1.54) is 6.20 Å². The number of nitrogens with zero attached hydrogens (tertiary/aromatic N) is 2. The molecule has 6 nitrogen and oxygen atoms in total. The van der Waals surface area contributed by atoms with Gasteiger partial charge in [-0.2, -0.15) is 0 Å². The highest BCUT2D eigenvalue weighted by Gasteiger charge is 2.33. The lowest BCUT2D eigenvalue weighted by Gasteiger charge is -2.34. The van der Waals surface area contributed by atoms with Crippen molar-refractivity contribution in [2.24, 2.45) is 0 Å². The van der Waals surface area contributed by atoms with Crippen LogP contribution in [0.4, 0.5) is 5.82 Å². The summed E-state index contributed by atoms with van der Waals surface area (Å²) in [6.07, 6.45) is 2.03. The van der Waals surface area contributed by atoms with Gasteiger partial charge in [0.2, 0.25) is 5.91 Å². The first-order valence-corrected chi connectivity index (χ1v) is 7.44. The molecule has 2 N–H and O–H groups in total. The second-order valence-electron chi connectivity index (χ2n) is 4.79. The number of nitrogens with one attached hydrogen (secondary N) is 2. The number of hydrogen-bond donors (Lipinski definition) is 2. The van der Waals surface area contributed by atoms with Gasteiger partial charge in [0, 0.05) is 25.8 Å². The summed E-state index contributed by atoms with van der Waals surface area (Å²) in [7, 11) is 0. The number of carbonyl (C=O) groups excluding carboxylic acids is 2. The standard InChI is InChI=1S/C14H19ClN4O2/c1-3-11-13(20)17-5-6-19(11)14(21)9-7-12(16-4-2)18-8-10(9)15/h7-8,11H,3-6H2,1-2H3,(H,16,18)(H,17,20). The Kier molecular flexibility index (Phi) is 5.01. The van der Waals surface area contributed by atoms with Crippen LogP contribution in [0, 0.1) is 0 Å². The van der Waals surface area contributed by atoms with Crippen LogP contribution in [0.25, 0.3) is 0 Å². The zero-order valence-electron chi connectivity index (χ0n) is 12.1. The van der Waals surface area contributed by atoms with Crippen LogP contribution in [0.3, 0.4) is 0 Å². The SMILES string of the molecule is CCNc1cc(C(=O)N2CCNC(=O)C2CC)c(Cl)cn1. The first kappa shape index (κ1) is 15.6. The monoisotopic (exact) mass is 310 g/mol. The lowest BCUT2D eigenvalue weighted by atomic mass is 10.1. The number of anilines is 1. The maximum Gasteiger partial charge on any atom is 0.256 e. The Hall–Kier alpha value is -1.82. The van der Waals surface area contributed by atoms with Gasteiger partial charge in [-0.15, -0.1) is 0 Å². The van der Waals surface area contributed by atoms with Gasteiger partial charge in [-0.25, -0.2) is 4.98 Å². The fourth-order valence-electron chi connectivity index (χ4n) is 2.40. The van der Waals surface area contributed by atoms with Gasteiger partial charge in [0.05, 0.1) is 10.6 Å². The number of aromatic nitrogens is 1. The lowest BCUT2D eigenvalue weighted by molar-refractivity contribution is -0.127. The molecule has 0 bridgehead atoms. The average Bonchev–Trinajstić information content (AvgIpc) is 2.48. The van der Waals surface area contributed by atoms with Crippen LogP contribution in [0.2, 0.25) is 5.02 Å². The minimum absolute atomic E-state index is 0.116. The molecule has 21 heavy (non-hydrogen) atoms. The molecule has 1 fully saturated rings. The van der Waals surface area contributed by atoms with Gasteiger partial charge in [0.25, 0.3) is 5.91 Å². The molecule has 7 heteroatoms. The number of carbonyl (C=O) groups is 2. The molecule has 0 radical (unpaired) electrons. The zero-order valence-corrected chi connectivity index (χ0v) is 12.9. The van der Waals surface area contributed by atoms with E-state index in [2.05, 4.69) is 15.6 Å². The summed E-state index contributed by atoms with van der Waals surface area (Å²) in [6, 6.07) is 1.19. The molecular formula is C14H19ClN4O2.